The number of hydrogen-bond donors (Lipinski definition) is 2. The average molecular weight is 331 g/mol. The van der Waals surface area contributed by atoms with E-state index in [4.69, 9.17) is 10.4 Å². The number of amides is 1. The molecule has 3 aromatic rings. The minimum atomic E-state index is -0.390. The molecule has 124 valence electrons. The van der Waals surface area contributed by atoms with Gasteiger partial charge in [0, 0.05) is 30.0 Å². The maximum Gasteiger partial charge on any atom is 0.309 e. The number of fused-ring (bicyclic) bond motifs is 2. The number of nitrogens with two attached hydrogens (primary N) is 1. The molecule has 0 radical (unpaired) electrons. The number of anilines is 1. The van der Waals surface area contributed by atoms with Crippen molar-refractivity contribution in [2.45, 2.75) is 12.5 Å². The second-order valence-electron chi connectivity index (χ2n) is 6.24. The molecule has 0 aliphatic carbocycles. The maximum atomic E-state index is 12.7. The van der Waals surface area contributed by atoms with Crippen LogP contribution in [0.15, 0.2) is 54.9 Å². The highest BCUT2D eigenvalue weighted by Crippen LogP contribution is 2.22. The van der Waals surface area contributed by atoms with E-state index in [0.29, 0.717) is 14.1 Å². The molecule has 25 heavy (non-hydrogen) atoms. The molecule has 1 aliphatic rings. The zero-order valence-corrected chi connectivity index (χ0v) is 13.7. The molecule has 1 aliphatic heterocycles. The summed E-state index contributed by atoms with van der Waals surface area (Å²) in [5.74, 6) is -0.492. The fraction of sp³-hybridized carbons (Fsp3) is 0.158. The summed E-state index contributed by atoms with van der Waals surface area (Å²) in [6.45, 7) is 0.893. The lowest BCUT2D eigenvalue weighted by molar-refractivity contribution is -0.117. The van der Waals surface area contributed by atoms with Crippen LogP contribution in [0.2, 0.25) is 0 Å². The van der Waals surface area contributed by atoms with E-state index < -0.39 is 0 Å². The standard InChI is InChI=1S/C19H18BN3O2/c21-9-17(13-1-2-15-11-25-20-18(15)8-13)19(24)23-16-4-3-14-10-22-6-5-12(14)7-16/h1-8,10,17,20H,9,11,21H2,(H,23,24). The number of hydrogen-bond acceptors (Lipinski definition) is 4. The third-order valence-electron chi connectivity index (χ3n) is 4.61. The highest BCUT2D eigenvalue weighted by atomic mass is 16.4. The van der Waals surface area contributed by atoms with Crippen molar-refractivity contribution in [1.29, 1.82) is 0 Å². The molecule has 1 aromatic heterocycles. The Balaban J connectivity index is 1.57. The summed E-state index contributed by atoms with van der Waals surface area (Å²) in [7, 11) is 0.598. The molecule has 1 unspecified atom stereocenters. The Kier molecular flexibility index (Phi) is 4.21. The molecule has 0 bridgehead atoms. The van der Waals surface area contributed by atoms with Gasteiger partial charge >= 0.3 is 7.48 Å². The summed E-state index contributed by atoms with van der Waals surface area (Å²) in [5, 5.41) is 5.05. The quantitative estimate of drug-likeness (QED) is 0.709. The molecule has 3 N–H and O–H groups in total. The van der Waals surface area contributed by atoms with Gasteiger partial charge in [-0.25, -0.2) is 0 Å². The van der Waals surface area contributed by atoms with Gasteiger partial charge in [0.2, 0.25) is 5.91 Å². The normalized spacial score (nSPS) is 14.0. The molecule has 0 saturated carbocycles. The Morgan fingerprint density at radius 3 is 3.04 bits per heavy atom. The zero-order valence-electron chi connectivity index (χ0n) is 13.7. The summed E-state index contributed by atoms with van der Waals surface area (Å²) in [6, 6.07) is 13.7. The van der Waals surface area contributed by atoms with E-state index in [9.17, 15) is 4.79 Å². The SMILES string of the molecule is NCC(C(=O)Nc1ccc2cnccc2c1)c1ccc2c(c1)BOC2. The average Bonchev–Trinajstić information content (AvgIpc) is 3.10. The highest BCUT2D eigenvalue weighted by molar-refractivity contribution is 6.48. The van der Waals surface area contributed by atoms with Crippen LogP contribution in [0.1, 0.15) is 17.0 Å². The lowest BCUT2D eigenvalue weighted by Gasteiger charge is -2.16. The van der Waals surface area contributed by atoms with Crippen molar-refractivity contribution in [1.82, 2.24) is 4.98 Å². The van der Waals surface area contributed by atoms with Crippen LogP contribution in [0.3, 0.4) is 0 Å². The Bertz CT molecular complexity index is 945. The first-order chi connectivity index (χ1) is 12.2. The van der Waals surface area contributed by atoms with Gasteiger partial charge in [0.05, 0.1) is 12.5 Å². The molecule has 6 heteroatoms. The van der Waals surface area contributed by atoms with Gasteiger partial charge in [-0.1, -0.05) is 24.3 Å². The molecule has 4 rings (SSSR count). The minimum absolute atomic E-state index is 0.102. The number of carbonyl (C=O) groups is 1. The van der Waals surface area contributed by atoms with Crippen LogP contribution in [0.25, 0.3) is 10.8 Å². The number of carbonyl (C=O) groups excluding carboxylic acids is 1. The van der Waals surface area contributed by atoms with Crippen molar-refractivity contribution in [2.75, 3.05) is 11.9 Å². The molecule has 1 atom stereocenters. The van der Waals surface area contributed by atoms with Crippen molar-refractivity contribution in [3.05, 3.63) is 66.0 Å². The Labute approximate surface area is 146 Å². The topological polar surface area (TPSA) is 77.2 Å². The Morgan fingerprint density at radius 1 is 1.24 bits per heavy atom. The fourth-order valence-electron chi connectivity index (χ4n) is 3.19. The molecular weight excluding hydrogens is 313 g/mol. The van der Waals surface area contributed by atoms with E-state index in [-0.39, 0.29) is 18.4 Å². The molecule has 1 amide bonds. The number of aromatic nitrogens is 1. The van der Waals surface area contributed by atoms with Gasteiger partial charge in [-0.2, -0.15) is 0 Å². The van der Waals surface area contributed by atoms with Crippen LogP contribution in [0, 0.1) is 0 Å². The number of benzene rings is 2. The number of nitrogens with one attached hydrogen (secondary N) is 1. The fourth-order valence-corrected chi connectivity index (χ4v) is 3.19. The second kappa shape index (κ2) is 6.66. The van der Waals surface area contributed by atoms with Crippen LogP contribution in [0.4, 0.5) is 5.69 Å². The van der Waals surface area contributed by atoms with Crippen LogP contribution >= 0.6 is 0 Å². The first-order valence-corrected chi connectivity index (χ1v) is 8.29. The molecule has 0 spiro atoms. The van der Waals surface area contributed by atoms with Crippen molar-refractivity contribution >= 4 is 35.3 Å². The van der Waals surface area contributed by atoms with Gasteiger partial charge in [-0.3, -0.25) is 9.78 Å². The van der Waals surface area contributed by atoms with E-state index in [2.05, 4.69) is 10.3 Å². The molecule has 5 nitrogen and oxygen atoms in total. The summed E-state index contributed by atoms with van der Waals surface area (Å²) in [5.41, 5.74) is 9.90. The first kappa shape index (κ1) is 15.8. The second-order valence-corrected chi connectivity index (χ2v) is 6.24. The van der Waals surface area contributed by atoms with Crippen molar-refractivity contribution in [2.24, 2.45) is 5.73 Å². The van der Waals surface area contributed by atoms with Gasteiger partial charge in [0.1, 0.15) is 0 Å². The monoisotopic (exact) mass is 331 g/mol. The van der Waals surface area contributed by atoms with Gasteiger partial charge in [0.15, 0.2) is 0 Å². The lowest BCUT2D eigenvalue weighted by Crippen LogP contribution is -2.28. The van der Waals surface area contributed by atoms with Gasteiger partial charge in [0.25, 0.3) is 0 Å². The van der Waals surface area contributed by atoms with Crippen LogP contribution in [-0.4, -0.2) is 24.9 Å². The first-order valence-electron chi connectivity index (χ1n) is 8.29. The molecular formula is C19H18BN3O2. The Hall–Kier alpha value is -2.70. The third kappa shape index (κ3) is 3.14. The highest BCUT2D eigenvalue weighted by Gasteiger charge is 2.22. The predicted molar refractivity (Wildman–Crippen MR) is 100 cm³/mol. The number of rotatable bonds is 4. The Morgan fingerprint density at radius 2 is 2.16 bits per heavy atom. The molecule has 2 heterocycles. The van der Waals surface area contributed by atoms with Gasteiger partial charge < -0.3 is 15.7 Å². The van der Waals surface area contributed by atoms with Crippen LogP contribution in [0.5, 0.6) is 0 Å². The summed E-state index contributed by atoms with van der Waals surface area (Å²) < 4.78 is 5.44. The predicted octanol–water partition coefficient (Wildman–Crippen LogP) is 1.42. The number of pyridine rings is 1. The van der Waals surface area contributed by atoms with Gasteiger partial charge in [-0.05, 0) is 40.2 Å². The smallest absolute Gasteiger partial charge is 0.309 e. The van der Waals surface area contributed by atoms with E-state index in [1.165, 1.54) is 5.56 Å². The van der Waals surface area contributed by atoms with Crippen molar-refractivity contribution < 1.29 is 9.45 Å². The summed E-state index contributed by atoms with van der Waals surface area (Å²) in [6.07, 6.45) is 3.54. The van der Waals surface area contributed by atoms with Crippen LogP contribution in [-0.2, 0) is 16.1 Å². The largest absolute Gasteiger partial charge is 0.430 e. The van der Waals surface area contributed by atoms with Crippen molar-refractivity contribution in [3.8, 4) is 0 Å². The zero-order chi connectivity index (χ0) is 17.2. The van der Waals surface area contributed by atoms with Crippen molar-refractivity contribution in [3.63, 3.8) is 0 Å². The van der Waals surface area contributed by atoms with E-state index in [1.54, 1.807) is 12.4 Å². The summed E-state index contributed by atoms with van der Waals surface area (Å²) in [4.78, 5) is 16.8. The van der Waals surface area contributed by atoms with E-state index >= 15 is 0 Å². The third-order valence-corrected chi connectivity index (χ3v) is 4.61. The number of nitrogens with zero attached hydrogens (tertiary/aromatic N) is 1. The van der Waals surface area contributed by atoms with Crippen LogP contribution < -0.4 is 16.5 Å². The van der Waals surface area contributed by atoms with E-state index in [0.717, 1.165) is 27.5 Å². The van der Waals surface area contributed by atoms with Gasteiger partial charge in [-0.15, -0.1) is 0 Å². The maximum absolute atomic E-state index is 12.7. The molecule has 0 saturated heterocycles. The van der Waals surface area contributed by atoms with E-state index in [1.807, 2.05) is 42.5 Å². The molecule has 0 fully saturated rings. The lowest BCUT2D eigenvalue weighted by atomic mass is 9.83. The molecule has 2 aromatic carbocycles. The summed E-state index contributed by atoms with van der Waals surface area (Å²) >= 11 is 0. The minimum Gasteiger partial charge on any atom is -0.430 e.